The molecule has 0 aliphatic carbocycles. The largest absolute Gasteiger partial charge is 0.330 e. The molecule has 0 aliphatic rings. The number of pyridine rings is 1. The zero-order chi connectivity index (χ0) is 16.1. The van der Waals surface area contributed by atoms with Crippen molar-refractivity contribution in [2.24, 2.45) is 0 Å². The molecule has 0 fully saturated rings. The highest BCUT2D eigenvalue weighted by Crippen LogP contribution is 2.27. The average molecular weight is 344 g/mol. The Hall–Kier alpha value is -1.91. The minimum atomic E-state index is 0.485. The number of aromatic nitrogens is 2. The van der Waals surface area contributed by atoms with E-state index in [0.717, 1.165) is 28.5 Å². The highest BCUT2D eigenvalue weighted by Gasteiger charge is 2.05. The van der Waals surface area contributed by atoms with E-state index in [0.29, 0.717) is 5.15 Å². The van der Waals surface area contributed by atoms with Crippen LogP contribution in [0.1, 0.15) is 25.3 Å². The van der Waals surface area contributed by atoms with E-state index in [4.69, 9.17) is 11.6 Å². The molecule has 0 unspecified atom stereocenters. The molecule has 23 heavy (non-hydrogen) atoms. The predicted molar refractivity (Wildman–Crippen MR) is 98.7 cm³/mol. The van der Waals surface area contributed by atoms with Gasteiger partial charge in [0, 0.05) is 10.9 Å². The molecule has 0 atom stereocenters. The number of thiazole rings is 1. The molecule has 0 spiro atoms. The molecule has 118 valence electrons. The van der Waals surface area contributed by atoms with Crippen LogP contribution in [0.15, 0.2) is 48.0 Å². The van der Waals surface area contributed by atoms with Crippen molar-refractivity contribution in [3.05, 3.63) is 58.7 Å². The van der Waals surface area contributed by atoms with Gasteiger partial charge in [0.05, 0.1) is 17.6 Å². The molecule has 0 radical (unpaired) electrons. The Morgan fingerprint density at radius 1 is 1.13 bits per heavy atom. The van der Waals surface area contributed by atoms with Crippen LogP contribution in [0.2, 0.25) is 5.15 Å². The minimum absolute atomic E-state index is 0.485. The number of unbranched alkanes of at least 4 members (excludes halogenated alkanes) is 1. The van der Waals surface area contributed by atoms with Gasteiger partial charge in [0.1, 0.15) is 5.15 Å². The van der Waals surface area contributed by atoms with E-state index >= 15 is 0 Å². The van der Waals surface area contributed by atoms with Crippen molar-refractivity contribution in [2.45, 2.75) is 26.2 Å². The molecule has 1 aromatic carbocycles. The number of hydrogen-bond acceptors (Lipinski definition) is 4. The first-order valence-electron chi connectivity index (χ1n) is 7.68. The maximum Gasteiger partial charge on any atom is 0.187 e. The molecule has 3 aromatic rings. The molecule has 2 heterocycles. The monoisotopic (exact) mass is 343 g/mol. The molecule has 3 nitrogen and oxygen atoms in total. The van der Waals surface area contributed by atoms with Crippen molar-refractivity contribution in [1.29, 1.82) is 0 Å². The fourth-order valence-corrected chi connectivity index (χ4v) is 3.11. The van der Waals surface area contributed by atoms with Crippen LogP contribution in [-0.2, 0) is 6.42 Å². The van der Waals surface area contributed by atoms with Gasteiger partial charge in [0.2, 0.25) is 0 Å². The number of halogens is 1. The molecule has 0 bridgehead atoms. The predicted octanol–water partition coefficient (Wildman–Crippen LogP) is 5.94. The molecule has 2 aromatic heterocycles. The number of benzene rings is 1. The van der Waals surface area contributed by atoms with Gasteiger partial charge in [-0.3, -0.25) is 0 Å². The lowest BCUT2D eigenvalue weighted by molar-refractivity contribution is 0.795. The molecule has 5 heteroatoms. The van der Waals surface area contributed by atoms with Gasteiger partial charge < -0.3 is 5.32 Å². The third kappa shape index (κ3) is 4.30. The highest BCUT2D eigenvalue weighted by molar-refractivity contribution is 7.14. The van der Waals surface area contributed by atoms with Crippen molar-refractivity contribution in [2.75, 3.05) is 5.32 Å². The Bertz CT molecular complexity index is 751. The van der Waals surface area contributed by atoms with Crippen LogP contribution in [0.25, 0.3) is 11.3 Å². The minimum Gasteiger partial charge on any atom is -0.330 e. The van der Waals surface area contributed by atoms with Crippen LogP contribution in [0.3, 0.4) is 0 Å². The molecule has 3 rings (SSSR count). The molecule has 0 saturated carbocycles. The summed E-state index contributed by atoms with van der Waals surface area (Å²) in [4.78, 5) is 8.69. The van der Waals surface area contributed by atoms with Crippen molar-refractivity contribution < 1.29 is 0 Å². The van der Waals surface area contributed by atoms with Crippen molar-refractivity contribution >= 4 is 33.8 Å². The summed E-state index contributed by atoms with van der Waals surface area (Å²) in [5.41, 5.74) is 4.40. The van der Waals surface area contributed by atoms with Gasteiger partial charge in [-0.2, -0.15) is 0 Å². The maximum atomic E-state index is 5.79. The molecule has 1 N–H and O–H groups in total. The Balaban J connectivity index is 1.69. The fraction of sp³-hybridized carbons (Fsp3) is 0.222. The van der Waals surface area contributed by atoms with E-state index < -0.39 is 0 Å². The second-order valence-corrected chi connectivity index (χ2v) is 6.58. The van der Waals surface area contributed by atoms with Crippen LogP contribution >= 0.6 is 22.9 Å². The van der Waals surface area contributed by atoms with Crippen LogP contribution in [-0.4, -0.2) is 9.97 Å². The fourth-order valence-electron chi connectivity index (χ4n) is 2.26. The first-order valence-corrected chi connectivity index (χ1v) is 8.94. The van der Waals surface area contributed by atoms with E-state index in [1.54, 1.807) is 23.6 Å². The second kappa shape index (κ2) is 7.57. The summed E-state index contributed by atoms with van der Waals surface area (Å²) in [7, 11) is 0. The summed E-state index contributed by atoms with van der Waals surface area (Å²) in [6.45, 7) is 2.22. The van der Waals surface area contributed by atoms with E-state index in [9.17, 15) is 0 Å². The van der Waals surface area contributed by atoms with Crippen LogP contribution in [0.5, 0.6) is 0 Å². The van der Waals surface area contributed by atoms with E-state index in [-0.39, 0.29) is 0 Å². The molecular weight excluding hydrogens is 326 g/mol. The third-order valence-corrected chi connectivity index (χ3v) is 4.53. The Morgan fingerprint density at radius 3 is 2.65 bits per heavy atom. The Kier molecular flexibility index (Phi) is 5.26. The van der Waals surface area contributed by atoms with Gasteiger partial charge in [-0.15, -0.1) is 11.3 Å². The topological polar surface area (TPSA) is 37.8 Å². The lowest BCUT2D eigenvalue weighted by Crippen LogP contribution is -1.90. The van der Waals surface area contributed by atoms with E-state index in [2.05, 4.69) is 51.9 Å². The molecule has 0 aliphatic heterocycles. The van der Waals surface area contributed by atoms with Gasteiger partial charge in [0.25, 0.3) is 0 Å². The summed E-state index contributed by atoms with van der Waals surface area (Å²) >= 11 is 7.37. The van der Waals surface area contributed by atoms with E-state index in [1.807, 2.05) is 6.07 Å². The number of nitrogens with one attached hydrogen (secondary N) is 1. The smallest absolute Gasteiger partial charge is 0.187 e. The van der Waals surface area contributed by atoms with Crippen LogP contribution in [0.4, 0.5) is 10.8 Å². The van der Waals surface area contributed by atoms with Crippen molar-refractivity contribution in [3.8, 4) is 11.3 Å². The lowest BCUT2D eigenvalue weighted by Gasteiger charge is -2.02. The summed E-state index contributed by atoms with van der Waals surface area (Å²) in [5.74, 6) is 0. The molecule has 0 saturated heterocycles. The quantitative estimate of drug-likeness (QED) is 0.562. The van der Waals surface area contributed by atoms with E-state index in [1.165, 1.54) is 18.4 Å². The third-order valence-electron chi connectivity index (χ3n) is 3.55. The number of hydrogen-bond donors (Lipinski definition) is 1. The standard InChI is InChI=1S/C18H18ClN3S/c1-2-3-4-13-5-7-14(8-6-13)16-12-23-18(22-16)21-15-9-10-17(19)20-11-15/h5-12H,2-4H2,1H3,(H,21,22). The summed E-state index contributed by atoms with van der Waals surface area (Å²) in [6.07, 6.45) is 5.30. The first kappa shape index (κ1) is 16.0. The molecule has 0 amide bonds. The average Bonchev–Trinajstić information content (AvgIpc) is 3.04. The Morgan fingerprint density at radius 2 is 1.96 bits per heavy atom. The van der Waals surface area contributed by atoms with Gasteiger partial charge in [0.15, 0.2) is 5.13 Å². The summed E-state index contributed by atoms with van der Waals surface area (Å²) < 4.78 is 0. The number of anilines is 2. The number of nitrogens with zero attached hydrogens (tertiary/aromatic N) is 2. The Labute approximate surface area is 145 Å². The SMILES string of the molecule is CCCCc1ccc(-c2csc(Nc3ccc(Cl)nc3)n2)cc1. The first-order chi connectivity index (χ1) is 11.2. The van der Waals surface area contributed by atoms with Crippen molar-refractivity contribution in [3.63, 3.8) is 0 Å². The summed E-state index contributed by atoms with van der Waals surface area (Å²) in [5, 5.41) is 6.64. The van der Waals surface area contributed by atoms with Gasteiger partial charge in [-0.25, -0.2) is 9.97 Å². The van der Waals surface area contributed by atoms with Crippen LogP contribution < -0.4 is 5.32 Å². The van der Waals surface area contributed by atoms with Gasteiger partial charge in [-0.1, -0.05) is 49.2 Å². The number of aryl methyl sites for hydroxylation is 1. The van der Waals surface area contributed by atoms with Gasteiger partial charge >= 0.3 is 0 Å². The van der Waals surface area contributed by atoms with Crippen LogP contribution in [0, 0.1) is 0 Å². The zero-order valence-corrected chi connectivity index (χ0v) is 14.5. The maximum absolute atomic E-state index is 5.79. The highest BCUT2D eigenvalue weighted by atomic mass is 35.5. The molecular formula is C18H18ClN3S. The van der Waals surface area contributed by atoms with Gasteiger partial charge in [-0.05, 0) is 30.5 Å². The van der Waals surface area contributed by atoms with Crippen molar-refractivity contribution in [1.82, 2.24) is 9.97 Å². The second-order valence-electron chi connectivity index (χ2n) is 5.33. The summed E-state index contributed by atoms with van der Waals surface area (Å²) in [6, 6.07) is 12.3. The normalized spacial score (nSPS) is 10.7. The number of rotatable bonds is 6. The zero-order valence-electron chi connectivity index (χ0n) is 12.9. The lowest BCUT2D eigenvalue weighted by atomic mass is 10.1.